The largest absolute Gasteiger partial charge is 0.478 e. The zero-order valence-electron chi connectivity index (χ0n) is 8.06. The predicted molar refractivity (Wildman–Crippen MR) is 53.0 cm³/mol. The average Bonchev–Trinajstić information content (AvgIpc) is 2.13. The van der Waals surface area contributed by atoms with Gasteiger partial charge in [-0.1, -0.05) is 19.9 Å². The summed E-state index contributed by atoms with van der Waals surface area (Å²) in [5, 5.41) is 15.7. The van der Waals surface area contributed by atoms with Crippen molar-refractivity contribution in [2.45, 2.75) is 19.8 Å². The van der Waals surface area contributed by atoms with Gasteiger partial charge in [-0.25, -0.2) is 9.59 Å². The zero-order chi connectivity index (χ0) is 11.4. The zero-order valence-corrected chi connectivity index (χ0v) is 8.06. The summed E-state index contributed by atoms with van der Waals surface area (Å²) in [6.07, 6.45) is 5.48. The summed E-state index contributed by atoms with van der Waals surface area (Å²) >= 11 is 0. The predicted octanol–water partition coefficient (Wildman–Crippen LogP) is 1.84. The van der Waals surface area contributed by atoms with Gasteiger partial charge < -0.3 is 10.2 Å². The van der Waals surface area contributed by atoms with Gasteiger partial charge in [0.15, 0.2) is 0 Å². The van der Waals surface area contributed by atoms with Crippen LogP contribution < -0.4 is 0 Å². The maximum atomic E-state index is 9.82. The smallest absolute Gasteiger partial charge is 0.336 e. The van der Waals surface area contributed by atoms with Gasteiger partial charge in [-0.2, -0.15) is 0 Å². The topological polar surface area (TPSA) is 74.6 Å². The van der Waals surface area contributed by atoms with E-state index in [0.29, 0.717) is 0 Å². The minimum absolute atomic E-state index is 0.833. The van der Waals surface area contributed by atoms with Gasteiger partial charge in [0.05, 0.1) is 6.08 Å². The fourth-order valence-corrected chi connectivity index (χ4v) is 0.358. The maximum absolute atomic E-state index is 9.82. The molecule has 2 N–H and O–H groups in total. The molecule has 0 rings (SSSR count). The van der Waals surface area contributed by atoms with Crippen molar-refractivity contribution in [2.24, 2.45) is 0 Å². The van der Waals surface area contributed by atoms with E-state index in [2.05, 4.69) is 12.3 Å². The van der Waals surface area contributed by atoms with Crippen LogP contribution in [0.2, 0.25) is 0 Å². The Kier molecular flexibility index (Phi) is 11.8. The van der Waals surface area contributed by atoms with E-state index in [1.54, 1.807) is 6.08 Å². The van der Waals surface area contributed by atoms with Gasteiger partial charge in [0, 0.05) is 6.08 Å². The lowest BCUT2D eigenvalue weighted by Gasteiger charge is -1.75. The van der Waals surface area contributed by atoms with E-state index in [0.717, 1.165) is 25.0 Å². The van der Waals surface area contributed by atoms with Crippen molar-refractivity contribution in [2.75, 3.05) is 0 Å². The van der Waals surface area contributed by atoms with Gasteiger partial charge in [0.2, 0.25) is 0 Å². The Morgan fingerprint density at radius 1 is 1.36 bits per heavy atom. The van der Waals surface area contributed by atoms with Crippen LogP contribution in [0, 0.1) is 0 Å². The van der Waals surface area contributed by atoms with Crippen LogP contribution in [-0.2, 0) is 9.59 Å². The van der Waals surface area contributed by atoms with Crippen molar-refractivity contribution in [3.63, 3.8) is 0 Å². The van der Waals surface area contributed by atoms with Gasteiger partial charge in [-0.15, -0.1) is 5.73 Å². The SMILES string of the molecule is C=CC(=O)O.CCCC=C=CC(=O)O. The second-order valence-electron chi connectivity index (χ2n) is 2.18. The third-order valence-corrected chi connectivity index (χ3v) is 0.932. The van der Waals surface area contributed by atoms with E-state index in [4.69, 9.17) is 10.2 Å². The first-order valence-corrected chi connectivity index (χ1v) is 4.03. The molecule has 0 saturated heterocycles. The van der Waals surface area contributed by atoms with Crippen molar-refractivity contribution in [1.29, 1.82) is 0 Å². The minimum atomic E-state index is -0.981. The first-order valence-electron chi connectivity index (χ1n) is 4.03. The second-order valence-corrected chi connectivity index (χ2v) is 2.18. The van der Waals surface area contributed by atoms with Gasteiger partial charge in [0.1, 0.15) is 0 Å². The highest BCUT2D eigenvalue weighted by Gasteiger charge is 1.78. The van der Waals surface area contributed by atoms with Crippen LogP contribution in [0.5, 0.6) is 0 Å². The Labute approximate surface area is 82.9 Å². The molecule has 0 fully saturated rings. The van der Waals surface area contributed by atoms with Gasteiger partial charge in [0.25, 0.3) is 0 Å². The van der Waals surface area contributed by atoms with Crippen molar-refractivity contribution in [3.05, 3.63) is 30.5 Å². The number of carboxylic acid groups (broad SMARTS) is 2. The lowest BCUT2D eigenvalue weighted by molar-refractivity contribution is -0.132. The molecule has 0 aromatic heterocycles. The maximum Gasteiger partial charge on any atom is 0.336 e. The number of hydrogen-bond donors (Lipinski definition) is 2. The summed E-state index contributed by atoms with van der Waals surface area (Å²) in [5.74, 6) is -1.92. The van der Waals surface area contributed by atoms with Crippen molar-refractivity contribution in [3.8, 4) is 0 Å². The highest BCUT2D eigenvalue weighted by Crippen LogP contribution is 1.84. The second kappa shape index (κ2) is 11.2. The van der Waals surface area contributed by atoms with E-state index in [1.165, 1.54) is 0 Å². The van der Waals surface area contributed by atoms with Crippen molar-refractivity contribution in [1.82, 2.24) is 0 Å². The molecule has 0 aliphatic carbocycles. The van der Waals surface area contributed by atoms with Crippen LogP contribution in [-0.4, -0.2) is 22.2 Å². The first kappa shape index (κ1) is 14.7. The molecule has 14 heavy (non-hydrogen) atoms. The van der Waals surface area contributed by atoms with Crippen LogP contribution in [0.3, 0.4) is 0 Å². The van der Waals surface area contributed by atoms with Crippen LogP contribution in [0.4, 0.5) is 0 Å². The van der Waals surface area contributed by atoms with Crippen LogP contribution >= 0.6 is 0 Å². The monoisotopic (exact) mass is 198 g/mol. The number of unbranched alkanes of at least 4 members (excludes halogenated alkanes) is 1. The molecule has 0 heterocycles. The molecule has 0 radical (unpaired) electrons. The van der Waals surface area contributed by atoms with E-state index < -0.39 is 11.9 Å². The van der Waals surface area contributed by atoms with Gasteiger partial charge in [-0.3, -0.25) is 0 Å². The minimum Gasteiger partial charge on any atom is -0.478 e. The molecule has 0 bridgehead atoms. The van der Waals surface area contributed by atoms with Crippen LogP contribution in [0.25, 0.3) is 0 Å². The Morgan fingerprint density at radius 2 is 1.86 bits per heavy atom. The molecule has 4 nitrogen and oxygen atoms in total. The Balaban J connectivity index is 0. The molecule has 0 aliphatic rings. The third-order valence-electron chi connectivity index (χ3n) is 0.932. The lowest BCUT2D eigenvalue weighted by Crippen LogP contribution is -1.83. The van der Waals surface area contributed by atoms with Crippen LogP contribution in [0.15, 0.2) is 30.5 Å². The van der Waals surface area contributed by atoms with E-state index in [-0.39, 0.29) is 0 Å². The Morgan fingerprint density at radius 3 is 2.14 bits per heavy atom. The molecule has 0 spiro atoms. The van der Waals surface area contributed by atoms with Gasteiger partial charge in [-0.05, 0) is 12.5 Å². The van der Waals surface area contributed by atoms with E-state index >= 15 is 0 Å². The summed E-state index contributed by atoms with van der Waals surface area (Å²) in [6.45, 7) is 4.99. The molecular formula is C10H14O4. The third kappa shape index (κ3) is 22.5. The number of carbonyl (C=O) groups is 2. The molecule has 4 heteroatoms. The molecular weight excluding hydrogens is 184 g/mol. The normalized spacial score (nSPS) is 7.21. The fraction of sp³-hybridized carbons (Fsp3) is 0.300. The molecule has 0 aromatic rings. The number of hydrogen-bond acceptors (Lipinski definition) is 2. The summed E-state index contributed by atoms with van der Waals surface area (Å²) in [4.78, 5) is 19.1. The molecule has 0 saturated carbocycles. The van der Waals surface area contributed by atoms with Crippen molar-refractivity contribution < 1.29 is 19.8 Å². The quantitative estimate of drug-likeness (QED) is 0.534. The Bertz CT molecular complexity index is 247. The molecule has 0 amide bonds. The molecule has 0 aromatic carbocycles. The molecule has 0 atom stereocenters. The van der Waals surface area contributed by atoms with Crippen molar-refractivity contribution >= 4 is 11.9 Å². The van der Waals surface area contributed by atoms with E-state index in [9.17, 15) is 9.59 Å². The fourth-order valence-electron chi connectivity index (χ4n) is 0.358. The van der Waals surface area contributed by atoms with Crippen LogP contribution in [0.1, 0.15) is 19.8 Å². The molecule has 0 aliphatic heterocycles. The summed E-state index contributed by atoms with van der Waals surface area (Å²) < 4.78 is 0. The molecule has 78 valence electrons. The summed E-state index contributed by atoms with van der Waals surface area (Å²) in [5.41, 5.74) is 2.54. The highest BCUT2D eigenvalue weighted by atomic mass is 16.4. The number of carboxylic acids is 2. The Hall–Kier alpha value is -1.80. The van der Waals surface area contributed by atoms with E-state index in [1.807, 2.05) is 6.92 Å². The first-order chi connectivity index (χ1) is 6.54. The van der Waals surface area contributed by atoms with Gasteiger partial charge >= 0.3 is 11.9 Å². The number of rotatable bonds is 4. The number of aliphatic carboxylic acids is 2. The average molecular weight is 198 g/mol. The highest BCUT2D eigenvalue weighted by molar-refractivity contribution is 5.79. The lowest BCUT2D eigenvalue weighted by atomic mass is 10.3. The summed E-state index contributed by atoms with van der Waals surface area (Å²) in [6, 6.07) is 0. The summed E-state index contributed by atoms with van der Waals surface area (Å²) in [7, 11) is 0. The molecule has 0 unspecified atom stereocenters. The standard InChI is InChI=1S/C7H10O2.C3H4O2/c1-2-3-4-5-6-7(8)9;1-2-3(4)5/h4,6H,2-3H2,1H3,(H,8,9);2H,1H2,(H,4,5).